The van der Waals surface area contributed by atoms with E-state index in [-0.39, 0.29) is 42.1 Å². The molecule has 0 radical (unpaired) electrons. The second kappa shape index (κ2) is 16.4. The third kappa shape index (κ3) is 9.78. The lowest BCUT2D eigenvalue weighted by molar-refractivity contribution is -0.228. The molecule has 2 aromatic rings. The summed E-state index contributed by atoms with van der Waals surface area (Å²) in [4.78, 5) is 43.4. The Balaban J connectivity index is 1.32. The third-order valence-electron chi connectivity index (χ3n) is 8.07. The Morgan fingerprint density at radius 2 is 1.92 bits per heavy atom. The molecular weight excluding hydrogens is 695 g/mol. The molecule has 274 valence electrons. The number of nitrogen functional groups attached to an aromatic ring is 1. The molecule has 0 aliphatic carbocycles. The summed E-state index contributed by atoms with van der Waals surface area (Å²) in [5, 5.41) is 15.0. The molecule has 0 spiro atoms. The monoisotopic (exact) mass is 737 g/mol. The maximum Gasteiger partial charge on any atom is 0.418 e. The normalized spacial score (nSPS) is 16.8. The van der Waals surface area contributed by atoms with Gasteiger partial charge in [0, 0.05) is 44.5 Å². The minimum atomic E-state index is -4.94. The summed E-state index contributed by atoms with van der Waals surface area (Å²) < 4.78 is 41.5. The zero-order valence-electron chi connectivity index (χ0n) is 27.8. The van der Waals surface area contributed by atoms with Gasteiger partial charge < -0.3 is 42.3 Å². The van der Waals surface area contributed by atoms with Crippen molar-refractivity contribution in [1.82, 2.24) is 19.8 Å². The highest BCUT2D eigenvalue weighted by Gasteiger charge is 2.57. The van der Waals surface area contributed by atoms with Gasteiger partial charge >= 0.3 is 10.4 Å². The number of fused-ring (bicyclic) bond motifs is 1. The first-order chi connectivity index (χ1) is 23.6. The number of Topliss-reactive ketones (excluding diaryl/α,β-unsaturated/α-hetero) is 1. The summed E-state index contributed by atoms with van der Waals surface area (Å²) in [5.41, 5.74) is 23.2. The molecular formula is C29H43N11O8S2. The number of β-lactam (4-membered cyclic amide) rings is 1. The number of anilines is 1. The number of nitrogens with zero attached hydrogens (tertiary/aromatic N) is 6. The zero-order chi connectivity index (χ0) is 36.6. The summed E-state index contributed by atoms with van der Waals surface area (Å²) in [6.07, 6.45) is 1.07. The van der Waals surface area contributed by atoms with E-state index in [1.54, 1.807) is 0 Å². The number of rotatable bonds is 18. The summed E-state index contributed by atoms with van der Waals surface area (Å²) >= 11 is 1.08. The summed E-state index contributed by atoms with van der Waals surface area (Å²) in [7, 11) is -4.94. The van der Waals surface area contributed by atoms with Gasteiger partial charge in [0.15, 0.2) is 35.2 Å². The Hall–Kier alpha value is -4.57. The molecule has 19 nitrogen and oxygen atoms in total. The van der Waals surface area contributed by atoms with E-state index in [2.05, 4.69) is 19.4 Å². The lowest BCUT2D eigenvalue weighted by Crippen LogP contribution is -2.68. The molecule has 0 unspecified atom stereocenters. The van der Waals surface area contributed by atoms with E-state index in [9.17, 15) is 18.0 Å². The topological polar surface area (TPSA) is 291 Å². The molecule has 50 heavy (non-hydrogen) atoms. The quantitative estimate of drug-likeness (QED) is 0.0294. The number of oxime groups is 1. The predicted octanol–water partition coefficient (Wildman–Crippen LogP) is 0.0203. The average Bonchev–Trinajstić information content (AvgIpc) is 3.68. The second-order valence-corrected chi connectivity index (χ2v) is 14.0. The van der Waals surface area contributed by atoms with Crippen LogP contribution in [-0.2, 0) is 42.2 Å². The molecule has 0 saturated carbocycles. The average molecular weight is 738 g/mol. The van der Waals surface area contributed by atoms with Gasteiger partial charge in [-0.1, -0.05) is 11.2 Å². The first kappa shape index (κ1) is 38.2. The molecule has 1 atom stereocenters. The zero-order valence-corrected chi connectivity index (χ0v) is 29.4. The Bertz CT molecular complexity index is 1730. The second-order valence-electron chi connectivity index (χ2n) is 12.1. The molecule has 1 amide bonds. The number of guanidine groups is 2. The number of hydrogen-bond acceptors (Lipinski definition) is 14. The van der Waals surface area contributed by atoms with Gasteiger partial charge in [0.25, 0.3) is 5.91 Å². The molecule has 1 fully saturated rings. The van der Waals surface area contributed by atoms with Crippen molar-refractivity contribution < 1.29 is 36.4 Å². The number of nitrogens with two attached hydrogens (primary N) is 4. The van der Waals surface area contributed by atoms with Crippen molar-refractivity contribution >= 4 is 56.2 Å². The van der Waals surface area contributed by atoms with Crippen LogP contribution in [0.3, 0.4) is 0 Å². The molecule has 2 aliphatic rings. The molecule has 10 N–H and O–H groups in total. The van der Waals surface area contributed by atoms with Crippen molar-refractivity contribution in [3.63, 3.8) is 0 Å². The number of hydrogen-bond donors (Lipinski definition) is 6. The van der Waals surface area contributed by atoms with Crippen LogP contribution >= 0.6 is 11.3 Å². The lowest BCUT2D eigenvalue weighted by Gasteiger charge is -2.50. The molecule has 1 aromatic heterocycles. The van der Waals surface area contributed by atoms with E-state index in [1.165, 1.54) is 19.2 Å². The first-order valence-corrected chi connectivity index (χ1v) is 17.9. The highest BCUT2D eigenvalue weighted by Crippen LogP contribution is 2.40. The van der Waals surface area contributed by atoms with Crippen molar-refractivity contribution in [3.8, 4) is 5.75 Å². The summed E-state index contributed by atoms with van der Waals surface area (Å²) in [5.74, 6) is -1.34. The van der Waals surface area contributed by atoms with Crippen molar-refractivity contribution in [2.75, 3.05) is 45.1 Å². The van der Waals surface area contributed by atoms with Crippen LogP contribution in [0, 0.1) is 11.3 Å². The predicted molar refractivity (Wildman–Crippen MR) is 185 cm³/mol. The number of ketones is 1. The number of ether oxygens (including phenoxy) is 1. The maximum atomic E-state index is 13.3. The lowest BCUT2D eigenvalue weighted by atomic mass is 9.74. The van der Waals surface area contributed by atoms with Gasteiger partial charge in [-0.3, -0.25) is 24.5 Å². The van der Waals surface area contributed by atoms with Gasteiger partial charge in [-0.2, -0.15) is 13.5 Å². The van der Waals surface area contributed by atoms with Gasteiger partial charge in [-0.15, -0.1) is 15.6 Å². The summed E-state index contributed by atoms with van der Waals surface area (Å²) in [6.45, 7) is 6.37. The van der Waals surface area contributed by atoms with Crippen LogP contribution in [0.2, 0.25) is 0 Å². The van der Waals surface area contributed by atoms with Crippen LogP contribution < -0.4 is 27.7 Å². The fraction of sp³-hybridized carbons (Fsp3) is 0.517. The van der Waals surface area contributed by atoms with Gasteiger partial charge in [-0.25, -0.2) is 4.98 Å². The fourth-order valence-corrected chi connectivity index (χ4v) is 6.48. The molecule has 1 aromatic carbocycles. The molecule has 2 aliphatic heterocycles. The smallest absolute Gasteiger partial charge is 0.418 e. The van der Waals surface area contributed by atoms with Crippen molar-refractivity contribution in [1.29, 1.82) is 5.41 Å². The minimum absolute atomic E-state index is 0.0377. The van der Waals surface area contributed by atoms with Gasteiger partial charge in [0.05, 0.1) is 11.5 Å². The number of hydroxylamine groups is 2. The van der Waals surface area contributed by atoms with E-state index in [1.807, 2.05) is 28.0 Å². The van der Waals surface area contributed by atoms with E-state index in [0.717, 1.165) is 28.9 Å². The molecule has 1 saturated heterocycles. The first-order valence-electron chi connectivity index (χ1n) is 15.6. The Labute approximate surface area is 293 Å². The van der Waals surface area contributed by atoms with Crippen molar-refractivity contribution in [2.24, 2.45) is 33.3 Å². The standard InChI is InChI=1S/C29H43N11O8S2/c1-29(2)21(25(42)40(29)48-50(43,44)45)14-23(41)24(22-17-49-27(33)36-22)37-47-12-11-46-20-6-5-18-15-39(16-19(18)13-20)28(34)38(9-3-7-30)10-4-8-35-26(31)32/h5-6,13,17,21,34H,3-4,7-12,14-16,30H2,1-2H3,(H2,33,36)(H4,31,32,35)(H,43,44,45)/b34-28?,37-24-/t21-/m1/s1. The number of benzene rings is 1. The van der Waals surface area contributed by atoms with Gasteiger partial charge in [-0.05, 0) is 56.5 Å². The number of nitrogens with one attached hydrogen (secondary N) is 1. The molecule has 3 heterocycles. The van der Waals surface area contributed by atoms with E-state index in [4.69, 9.17) is 42.5 Å². The number of amides is 1. The van der Waals surface area contributed by atoms with Crippen LogP contribution in [0.25, 0.3) is 0 Å². The van der Waals surface area contributed by atoms with E-state index < -0.39 is 33.5 Å². The Morgan fingerprint density at radius 3 is 2.56 bits per heavy atom. The van der Waals surface area contributed by atoms with Crippen LogP contribution in [0.5, 0.6) is 5.75 Å². The fourth-order valence-electron chi connectivity index (χ4n) is 5.48. The van der Waals surface area contributed by atoms with Crippen LogP contribution in [0.1, 0.15) is 49.9 Å². The number of aliphatic imine (C=N–C) groups is 1. The molecule has 21 heteroatoms. The van der Waals surface area contributed by atoms with E-state index >= 15 is 0 Å². The third-order valence-corrected chi connectivity index (χ3v) is 9.08. The van der Waals surface area contributed by atoms with Gasteiger partial charge in [0.1, 0.15) is 18.1 Å². The Kier molecular flexibility index (Phi) is 12.6. The van der Waals surface area contributed by atoms with Crippen molar-refractivity contribution in [2.45, 2.75) is 51.7 Å². The molecule has 4 rings (SSSR count). The number of carbonyl (C=O) groups is 2. The summed E-state index contributed by atoms with van der Waals surface area (Å²) in [6, 6.07) is 5.69. The largest absolute Gasteiger partial charge is 0.490 e. The van der Waals surface area contributed by atoms with Gasteiger partial charge in [0.2, 0.25) is 0 Å². The van der Waals surface area contributed by atoms with Crippen LogP contribution in [-0.4, -0.2) is 107 Å². The Morgan fingerprint density at radius 1 is 1.20 bits per heavy atom. The molecule has 0 bridgehead atoms. The number of thiazole rings is 1. The van der Waals surface area contributed by atoms with Crippen LogP contribution in [0.4, 0.5) is 5.13 Å². The van der Waals surface area contributed by atoms with E-state index in [0.29, 0.717) is 62.5 Å². The van der Waals surface area contributed by atoms with Crippen LogP contribution in [0.15, 0.2) is 33.7 Å². The number of aromatic nitrogens is 1. The highest BCUT2D eigenvalue weighted by atomic mass is 32.3. The maximum absolute atomic E-state index is 13.3. The highest BCUT2D eigenvalue weighted by molar-refractivity contribution is 7.80. The number of carbonyl (C=O) groups excluding carboxylic acids is 2. The van der Waals surface area contributed by atoms with Crippen molar-refractivity contribution in [3.05, 3.63) is 40.4 Å². The SMILES string of the molecule is CC1(C)[C@H](CC(=O)/C(=N\OCCOc2ccc3c(c2)CN(C(=N)N(CCCN)CCCN=C(N)N)C3)c2csc(N)n2)C(=O)N1OS(=O)(=O)O. The minimum Gasteiger partial charge on any atom is -0.490 e.